The van der Waals surface area contributed by atoms with E-state index in [1.165, 1.54) is 17.8 Å². The summed E-state index contributed by atoms with van der Waals surface area (Å²) in [5.74, 6) is 0.123. The normalized spacial score (nSPS) is 11.9. The summed E-state index contributed by atoms with van der Waals surface area (Å²) in [4.78, 5) is 29.3. The van der Waals surface area contributed by atoms with Gasteiger partial charge in [-0.15, -0.1) is 0 Å². The maximum absolute atomic E-state index is 13.1. The molecule has 1 unspecified atom stereocenters. The molecule has 156 valence electrons. The van der Waals surface area contributed by atoms with Gasteiger partial charge in [0.25, 0.3) is 5.56 Å². The Morgan fingerprint density at radius 3 is 2.55 bits per heavy atom. The van der Waals surface area contributed by atoms with E-state index in [-0.39, 0.29) is 11.7 Å². The van der Waals surface area contributed by atoms with Gasteiger partial charge in [0, 0.05) is 22.8 Å². The molecule has 0 bridgehead atoms. The Morgan fingerprint density at radius 1 is 1.06 bits per heavy atom. The van der Waals surface area contributed by atoms with Crippen LogP contribution in [0.15, 0.2) is 88.8 Å². The number of nitrogen functional groups attached to an aromatic ring is 1. The molecule has 3 N–H and O–H groups in total. The average molecular weight is 431 g/mol. The first-order chi connectivity index (χ1) is 15.1. The summed E-state index contributed by atoms with van der Waals surface area (Å²) in [5, 5.41) is 4.99. The quantitative estimate of drug-likeness (QED) is 0.348. The molecule has 0 saturated carbocycles. The average Bonchev–Trinajstić information content (AvgIpc) is 2.78. The number of nitrogens with two attached hydrogens (primary N) is 1. The van der Waals surface area contributed by atoms with Gasteiger partial charge in [-0.2, -0.15) is 4.98 Å². The Balaban J connectivity index is 1.65. The molecule has 7 heteroatoms. The summed E-state index contributed by atoms with van der Waals surface area (Å²) in [5.41, 5.74) is 7.24. The number of para-hydroxylation sites is 1. The van der Waals surface area contributed by atoms with Crippen molar-refractivity contribution in [3.8, 4) is 5.69 Å². The van der Waals surface area contributed by atoms with Crippen molar-refractivity contribution in [2.24, 2.45) is 0 Å². The second-order valence-corrected chi connectivity index (χ2v) is 8.17. The van der Waals surface area contributed by atoms with Crippen molar-refractivity contribution < 1.29 is 4.79 Å². The van der Waals surface area contributed by atoms with Crippen LogP contribution in [0, 0.1) is 0 Å². The van der Waals surface area contributed by atoms with Gasteiger partial charge in [0.15, 0.2) is 5.16 Å². The minimum Gasteiger partial charge on any atom is -0.385 e. The van der Waals surface area contributed by atoms with Crippen LogP contribution in [0.4, 0.5) is 11.5 Å². The molecular weight excluding hydrogens is 408 g/mol. The Bertz CT molecular complexity index is 1280. The number of anilines is 2. The fraction of sp³-hybridized carbons (Fsp3) is 0.125. The lowest BCUT2D eigenvalue weighted by atomic mass is 10.1. The van der Waals surface area contributed by atoms with E-state index in [0.717, 1.165) is 22.1 Å². The van der Waals surface area contributed by atoms with Gasteiger partial charge in [0.2, 0.25) is 5.91 Å². The molecule has 0 aliphatic heterocycles. The number of hydrogen-bond acceptors (Lipinski definition) is 5. The number of hydrogen-bond donors (Lipinski definition) is 2. The van der Waals surface area contributed by atoms with Crippen LogP contribution in [0.1, 0.15) is 13.3 Å². The van der Waals surface area contributed by atoms with Gasteiger partial charge in [0.1, 0.15) is 5.82 Å². The van der Waals surface area contributed by atoms with E-state index in [2.05, 4.69) is 10.3 Å². The van der Waals surface area contributed by atoms with Gasteiger partial charge >= 0.3 is 0 Å². The summed E-state index contributed by atoms with van der Waals surface area (Å²) >= 11 is 1.23. The second-order valence-electron chi connectivity index (χ2n) is 7.00. The Hall–Kier alpha value is -3.58. The topological polar surface area (TPSA) is 90.0 Å². The lowest BCUT2D eigenvalue weighted by Gasteiger charge is -2.19. The van der Waals surface area contributed by atoms with Crippen LogP contribution in [0.5, 0.6) is 0 Å². The van der Waals surface area contributed by atoms with Crippen molar-refractivity contribution in [1.82, 2.24) is 9.55 Å². The zero-order valence-electron chi connectivity index (χ0n) is 17.0. The SMILES string of the molecule is CCC(Sc1nc(=O)cc(N)n1-c1ccccc1)C(=O)Nc1cccc2ccccc12. The summed E-state index contributed by atoms with van der Waals surface area (Å²) in [7, 11) is 0. The van der Waals surface area contributed by atoms with Gasteiger partial charge in [-0.25, -0.2) is 0 Å². The maximum atomic E-state index is 13.1. The first-order valence-electron chi connectivity index (χ1n) is 9.97. The Kier molecular flexibility index (Phi) is 6.04. The molecule has 6 nitrogen and oxygen atoms in total. The van der Waals surface area contributed by atoms with E-state index in [1.807, 2.05) is 79.7 Å². The lowest BCUT2D eigenvalue weighted by Crippen LogP contribution is -2.26. The zero-order valence-corrected chi connectivity index (χ0v) is 17.8. The van der Waals surface area contributed by atoms with Crippen molar-refractivity contribution >= 4 is 39.9 Å². The van der Waals surface area contributed by atoms with Crippen LogP contribution in [-0.2, 0) is 4.79 Å². The first kappa shape index (κ1) is 20.7. The predicted molar refractivity (Wildman–Crippen MR) is 127 cm³/mol. The van der Waals surface area contributed by atoms with Crippen LogP contribution >= 0.6 is 11.8 Å². The van der Waals surface area contributed by atoms with Crippen molar-refractivity contribution in [2.45, 2.75) is 23.8 Å². The Labute approximate surface area is 184 Å². The third-order valence-corrected chi connectivity index (χ3v) is 6.22. The minimum atomic E-state index is -0.456. The van der Waals surface area contributed by atoms with E-state index in [4.69, 9.17) is 5.73 Å². The van der Waals surface area contributed by atoms with E-state index in [1.54, 1.807) is 4.57 Å². The van der Waals surface area contributed by atoms with Crippen LogP contribution in [-0.4, -0.2) is 20.7 Å². The molecule has 3 aromatic carbocycles. The highest BCUT2D eigenvalue weighted by Crippen LogP contribution is 2.29. The number of fused-ring (bicyclic) bond motifs is 1. The first-order valence-corrected chi connectivity index (χ1v) is 10.8. The molecule has 4 rings (SSSR count). The fourth-order valence-corrected chi connectivity index (χ4v) is 4.44. The standard InChI is InChI=1S/C24H22N4O2S/c1-2-20(23(30)26-19-14-8-10-16-9-6-7-13-18(16)19)31-24-27-22(29)15-21(25)28(24)17-11-4-3-5-12-17/h3-15,20H,2,25H2,1H3,(H,26,30). The molecular formula is C24H22N4O2S. The van der Waals surface area contributed by atoms with Crippen LogP contribution in [0.25, 0.3) is 16.5 Å². The molecule has 1 atom stereocenters. The number of carbonyl (C=O) groups is 1. The van der Waals surface area contributed by atoms with Crippen molar-refractivity contribution in [1.29, 1.82) is 0 Å². The van der Waals surface area contributed by atoms with Crippen LogP contribution in [0.3, 0.4) is 0 Å². The van der Waals surface area contributed by atoms with Gasteiger partial charge in [-0.05, 0) is 30.0 Å². The largest absolute Gasteiger partial charge is 0.385 e. The minimum absolute atomic E-state index is 0.153. The number of nitrogens with one attached hydrogen (secondary N) is 1. The van der Waals surface area contributed by atoms with Crippen molar-refractivity contribution in [3.05, 3.63) is 89.2 Å². The van der Waals surface area contributed by atoms with E-state index in [0.29, 0.717) is 11.6 Å². The lowest BCUT2D eigenvalue weighted by molar-refractivity contribution is -0.115. The van der Waals surface area contributed by atoms with Crippen molar-refractivity contribution in [2.75, 3.05) is 11.1 Å². The Morgan fingerprint density at radius 2 is 1.77 bits per heavy atom. The number of rotatable bonds is 6. The van der Waals surface area contributed by atoms with Gasteiger partial charge in [-0.1, -0.05) is 73.3 Å². The fourth-order valence-electron chi connectivity index (χ4n) is 3.39. The molecule has 0 fully saturated rings. The highest BCUT2D eigenvalue weighted by atomic mass is 32.2. The maximum Gasteiger partial charge on any atom is 0.275 e. The summed E-state index contributed by atoms with van der Waals surface area (Å²) in [6.07, 6.45) is 0.556. The summed E-state index contributed by atoms with van der Waals surface area (Å²) < 4.78 is 1.69. The monoisotopic (exact) mass is 430 g/mol. The molecule has 0 aliphatic rings. The van der Waals surface area contributed by atoms with Gasteiger partial charge in [0.05, 0.1) is 5.25 Å². The third-order valence-electron chi connectivity index (χ3n) is 4.90. The van der Waals surface area contributed by atoms with Crippen LogP contribution in [0.2, 0.25) is 0 Å². The van der Waals surface area contributed by atoms with Gasteiger partial charge in [-0.3, -0.25) is 14.2 Å². The third kappa shape index (κ3) is 4.46. The number of amides is 1. The second kappa shape index (κ2) is 9.06. The number of carbonyl (C=O) groups excluding carboxylic acids is 1. The molecule has 0 spiro atoms. The zero-order chi connectivity index (χ0) is 21.8. The van der Waals surface area contributed by atoms with Crippen LogP contribution < -0.4 is 16.6 Å². The predicted octanol–water partition coefficient (Wildman–Crippen LogP) is 4.48. The summed E-state index contributed by atoms with van der Waals surface area (Å²) in [6, 6.07) is 24.4. The number of benzene rings is 3. The summed E-state index contributed by atoms with van der Waals surface area (Å²) in [6.45, 7) is 1.93. The molecule has 31 heavy (non-hydrogen) atoms. The molecule has 0 radical (unpaired) electrons. The number of nitrogens with zero attached hydrogens (tertiary/aromatic N) is 2. The highest BCUT2D eigenvalue weighted by molar-refractivity contribution is 8.00. The smallest absolute Gasteiger partial charge is 0.275 e. The van der Waals surface area contributed by atoms with E-state index >= 15 is 0 Å². The van der Waals surface area contributed by atoms with E-state index in [9.17, 15) is 9.59 Å². The van der Waals surface area contributed by atoms with Crippen molar-refractivity contribution in [3.63, 3.8) is 0 Å². The highest BCUT2D eigenvalue weighted by Gasteiger charge is 2.22. The molecule has 0 saturated heterocycles. The molecule has 4 aromatic rings. The molecule has 0 aliphatic carbocycles. The molecule has 1 aromatic heterocycles. The molecule has 1 amide bonds. The molecule has 1 heterocycles. The number of aromatic nitrogens is 2. The van der Waals surface area contributed by atoms with Gasteiger partial charge < -0.3 is 11.1 Å². The van der Waals surface area contributed by atoms with E-state index < -0.39 is 10.8 Å². The number of thioether (sulfide) groups is 1.